The van der Waals surface area contributed by atoms with Gasteiger partial charge in [0, 0.05) is 30.5 Å². The maximum Gasteiger partial charge on any atom is 0.0606 e. The molecule has 1 aromatic rings. The summed E-state index contributed by atoms with van der Waals surface area (Å²) in [6.45, 7) is 8.68. The van der Waals surface area contributed by atoms with Crippen LogP contribution in [0.15, 0.2) is 24.3 Å². The Morgan fingerprint density at radius 3 is 2.43 bits per heavy atom. The van der Waals surface area contributed by atoms with Crippen LogP contribution in [0, 0.1) is 11.8 Å². The van der Waals surface area contributed by atoms with Crippen LogP contribution in [-0.2, 0) is 0 Å². The number of aliphatic hydroxyl groups excluding tert-OH is 1. The second-order valence-electron chi connectivity index (χ2n) is 6.46. The molecule has 2 rings (SSSR count). The van der Waals surface area contributed by atoms with Crippen LogP contribution in [0.5, 0.6) is 0 Å². The van der Waals surface area contributed by atoms with Gasteiger partial charge in [0.15, 0.2) is 0 Å². The van der Waals surface area contributed by atoms with E-state index in [1.165, 1.54) is 30.6 Å². The molecular formula is C18H30N2O. The molecule has 0 heterocycles. The minimum absolute atomic E-state index is 0.200. The van der Waals surface area contributed by atoms with Gasteiger partial charge in [0.25, 0.3) is 0 Å². The van der Waals surface area contributed by atoms with Crippen molar-refractivity contribution in [3.05, 3.63) is 24.3 Å². The first-order chi connectivity index (χ1) is 10.1. The summed E-state index contributed by atoms with van der Waals surface area (Å²) in [5.74, 6) is 1.68. The standard InChI is InChI=1S/C18H30N2O/c1-4-20(11-12-21)18-9-7-16(8-10-18)19-17-6-5-14(2)15(3)13-17/h7-10,14-15,17,19,21H,4-6,11-13H2,1-3H3. The van der Waals surface area contributed by atoms with Crippen LogP contribution in [0.3, 0.4) is 0 Å². The average molecular weight is 290 g/mol. The van der Waals surface area contributed by atoms with Gasteiger partial charge in [-0.2, -0.15) is 0 Å². The van der Waals surface area contributed by atoms with E-state index >= 15 is 0 Å². The molecule has 2 N–H and O–H groups in total. The molecule has 21 heavy (non-hydrogen) atoms. The Morgan fingerprint density at radius 2 is 1.86 bits per heavy atom. The van der Waals surface area contributed by atoms with Gasteiger partial charge in [-0.1, -0.05) is 13.8 Å². The van der Waals surface area contributed by atoms with Gasteiger partial charge in [0.05, 0.1) is 6.61 Å². The van der Waals surface area contributed by atoms with Crippen LogP contribution in [0.4, 0.5) is 11.4 Å². The molecular weight excluding hydrogens is 260 g/mol. The normalized spacial score (nSPS) is 25.6. The highest BCUT2D eigenvalue weighted by atomic mass is 16.3. The van der Waals surface area contributed by atoms with Gasteiger partial charge >= 0.3 is 0 Å². The minimum Gasteiger partial charge on any atom is -0.395 e. The fraction of sp³-hybridized carbons (Fsp3) is 0.667. The predicted octanol–water partition coefficient (Wildman–Crippen LogP) is 3.74. The molecule has 1 aliphatic rings. The molecule has 3 heteroatoms. The molecule has 3 nitrogen and oxygen atoms in total. The Hall–Kier alpha value is -1.22. The summed E-state index contributed by atoms with van der Waals surface area (Å²) in [6.07, 6.45) is 3.88. The fourth-order valence-electron chi connectivity index (χ4n) is 3.27. The zero-order valence-electron chi connectivity index (χ0n) is 13.7. The maximum absolute atomic E-state index is 9.09. The maximum atomic E-state index is 9.09. The lowest BCUT2D eigenvalue weighted by atomic mass is 9.79. The van der Waals surface area contributed by atoms with E-state index in [4.69, 9.17) is 5.11 Å². The SMILES string of the molecule is CCN(CCO)c1ccc(NC2CCC(C)C(C)C2)cc1. The molecule has 1 saturated carbocycles. The Morgan fingerprint density at radius 1 is 1.14 bits per heavy atom. The first kappa shape index (κ1) is 16.2. The number of hydrogen-bond acceptors (Lipinski definition) is 3. The second kappa shape index (κ2) is 7.69. The number of rotatable bonds is 6. The monoisotopic (exact) mass is 290 g/mol. The van der Waals surface area contributed by atoms with Crippen molar-refractivity contribution in [2.45, 2.75) is 46.1 Å². The third-order valence-electron chi connectivity index (χ3n) is 4.95. The first-order valence-electron chi connectivity index (χ1n) is 8.36. The summed E-state index contributed by atoms with van der Waals surface area (Å²) in [5.41, 5.74) is 2.40. The number of nitrogens with one attached hydrogen (secondary N) is 1. The number of anilines is 2. The summed E-state index contributed by atoms with van der Waals surface area (Å²) in [6, 6.07) is 9.24. The zero-order valence-corrected chi connectivity index (χ0v) is 13.7. The quantitative estimate of drug-likeness (QED) is 0.837. The summed E-state index contributed by atoms with van der Waals surface area (Å²) in [5, 5.41) is 12.8. The van der Waals surface area contributed by atoms with Crippen molar-refractivity contribution in [2.75, 3.05) is 29.9 Å². The zero-order chi connectivity index (χ0) is 15.2. The van der Waals surface area contributed by atoms with E-state index in [-0.39, 0.29) is 6.61 Å². The van der Waals surface area contributed by atoms with E-state index < -0.39 is 0 Å². The lowest BCUT2D eigenvalue weighted by Gasteiger charge is -2.33. The Kier molecular flexibility index (Phi) is 5.92. The van der Waals surface area contributed by atoms with Crippen molar-refractivity contribution in [1.82, 2.24) is 0 Å². The van der Waals surface area contributed by atoms with Crippen LogP contribution in [-0.4, -0.2) is 30.8 Å². The average Bonchev–Trinajstić information content (AvgIpc) is 2.49. The topological polar surface area (TPSA) is 35.5 Å². The number of benzene rings is 1. The molecule has 0 radical (unpaired) electrons. The predicted molar refractivity (Wildman–Crippen MR) is 91.0 cm³/mol. The van der Waals surface area contributed by atoms with Crippen molar-refractivity contribution in [3.63, 3.8) is 0 Å². The van der Waals surface area contributed by atoms with E-state index in [1.807, 2.05) is 0 Å². The van der Waals surface area contributed by atoms with Gasteiger partial charge < -0.3 is 15.3 Å². The molecule has 1 fully saturated rings. The van der Waals surface area contributed by atoms with Crippen molar-refractivity contribution < 1.29 is 5.11 Å². The molecule has 0 bridgehead atoms. The van der Waals surface area contributed by atoms with Crippen molar-refractivity contribution in [2.24, 2.45) is 11.8 Å². The third-order valence-corrected chi connectivity index (χ3v) is 4.95. The highest BCUT2D eigenvalue weighted by Crippen LogP contribution is 2.31. The second-order valence-corrected chi connectivity index (χ2v) is 6.46. The molecule has 0 amide bonds. The third kappa shape index (κ3) is 4.37. The largest absolute Gasteiger partial charge is 0.395 e. The van der Waals surface area contributed by atoms with Gasteiger partial charge in [-0.3, -0.25) is 0 Å². The van der Waals surface area contributed by atoms with Crippen molar-refractivity contribution in [3.8, 4) is 0 Å². The molecule has 0 aliphatic heterocycles. The van der Waals surface area contributed by atoms with Crippen molar-refractivity contribution >= 4 is 11.4 Å². The van der Waals surface area contributed by atoms with E-state index in [2.05, 4.69) is 55.3 Å². The molecule has 0 saturated heterocycles. The van der Waals surface area contributed by atoms with Crippen LogP contribution in [0.1, 0.15) is 40.0 Å². The number of aliphatic hydroxyl groups is 1. The first-order valence-corrected chi connectivity index (χ1v) is 8.36. The van der Waals surface area contributed by atoms with E-state index in [0.29, 0.717) is 12.6 Å². The summed E-state index contributed by atoms with van der Waals surface area (Å²) in [4.78, 5) is 2.19. The molecule has 1 aliphatic carbocycles. The Balaban J connectivity index is 1.93. The Labute approximate surface area is 129 Å². The molecule has 0 spiro atoms. The summed E-state index contributed by atoms with van der Waals surface area (Å²) in [7, 11) is 0. The van der Waals surface area contributed by atoms with Crippen LogP contribution in [0.2, 0.25) is 0 Å². The van der Waals surface area contributed by atoms with Crippen LogP contribution < -0.4 is 10.2 Å². The summed E-state index contributed by atoms with van der Waals surface area (Å²) >= 11 is 0. The summed E-state index contributed by atoms with van der Waals surface area (Å²) < 4.78 is 0. The van der Waals surface area contributed by atoms with Gasteiger partial charge in [-0.25, -0.2) is 0 Å². The van der Waals surface area contributed by atoms with E-state index in [0.717, 1.165) is 18.4 Å². The fourth-order valence-corrected chi connectivity index (χ4v) is 3.27. The van der Waals surface area contributed by atoms with Crippen LogP contribution in [0.25, 0.3) is 0 Å². The molecule has 0 aromatic heterocycles. The minimum atomic E-state index is 0.200. The number of likely N-dealkylation sites (N-methyl/N-ethyl adjacent to an activating group) is 1. The molecule has 118 valence electrons. The highest BCUT2D eigenvalue weighted by molar-refractivity contribution is 5.55. The molecule has 3 unspecified atom stereocenters. The molecule has 1 aromatic carbocycles. The lowest BCUT2D eigenvalue weighted by molar-refractivity contribution is 0.261. The van der Waals surface area contributed by atoms with Gasteiger partial charge in [-0.15, -0.1) is 0 Å². The van der Waals surface area contributed by atoms with Gasteiger partial charge in [-0.05, 0) is 62.3 Å². The number of hydrogen-bond donors (Lipinski definition) is 2. The van der Waals surface area contributed by atoms with E-state index in [1.54, 1.807) is 0 Å². The molecule has 3 atom stereocenters. The Bertz CT molecular complexity index is 418. The smallest absolute Gasteiger partial charge is 0.0606 e. The number of nitrogens with zero attached hydrogens (tertiary/aromatic N) is 1. The van der Waals surface area contributed by atoms with Crippen LogP contribution >= 0.6 is 0 Å². The van der Waals surface area contributed by atoms with Crippen molar-refractivity contribution in [1.29, 1.82) is 0 Å². The highest BCUT2D eigenvalue weighted by Gasteiger charge is 2.24. The van der Waals surface area contributed by atoms with Gasteiger partial charge in [0.2, 0.25) is 0 Å². The van der Waals surface area contributed by atoms with E-state index in [9.17, 15) is 0 Å². The van der Waals surface area contributed by atoms with Gasteiger partial charge in [0.1, 0.15) is 0 Å². The lowest BCUT2D eigenvalue weighted by Crippen LogP contribution is -2.30.